The zero-order valence-electron chi connectivity index (χ0n) is 35.9. The molecule has 2 fully saturated rings. The number of phenols is 1. The van der Waals surface area contributed by atoms with Crippen molar-refractivity contribution in [1.82, 2.24) is 55.1 Å². The van der Waals surface area contributed by atoms with Crippen molar-refractivity contribution in [3.63, 3.8) is 0 Å². The molecule has 2 aliphatic rings. The molecule has 0 saturated carbocycles. The summed E-state index contributed by atoms with van der Waals surface area (Å²) in [5.74, 6) is 0.564. The van der Waals surface area contributed by atoms with Crippen LogP contribution in [0.3, 0.4) is 0 Å². The molecule has 2 atom stereocenters. The number of benzene rings is 2. The molecule has 0 aliphatic carbocycles. The molecule has 0 spiro atoms. The second kappa shape index (κ2) is 17.2. The van der Waals surface area contributed by atoms with Crippen LogP contribution >= 0.6 is 0 Å². The van der Waals surface area contributed by atoms with Gasteiger partial charge in [-0.3, -0.25) is 9.36 Å². The molecule has 3 N–H and O–H groups in total. The normalized spacial score (nSPS) is 16.7. The number of fused-ring (bicyclic) bond motifs is 4. The van der Waals surface area contributed by atoms with E-state index in [1.165, 1.54) is 6.07 Å². The van der Waals surface area contributed by atoms with Gasteiger partial charge in [-0.1, -0.05) is 13.8 Å². The molecule has 15 nitrogen and oxygen atoms in total. The largest absolute Gasteiger partial charge is 0.507 e. The lowest BCUT2D eigenvalue weighted by atomic mass is 10.1. The fourth-order valence-corrected chi connectivity index (χ4v) is 8.19. The van der Waals surface area contributed by atoms with Crippen LogP contribution in [0.15, 0.2) is 67.3 Å². The second-order valence-electron chi connectivity index (χ2n) is 15.5. The van der Waals surface area contributed by atoms with E-state index in [1.54, 1.807) is 29.7 Å². The third-order valence-corrected chi connectivity index (χ3v) is 11.0. The first-order chi connectivity index (χ1) is 29.5. The summed E-state index contributed by atoms with van der Waals surface area (Å²) in [5.41, 5.74) is 7.09. The van der Waals surface area contributed by atoms with E-state index < -0.39 is 0 Å². The Morgan fingerprint density at radius 3 is 2.13 bits per heavy atom. The number of pyridine rings is 3. The van der Waals surface area contributed by atoms with E-state index in [0.29, 0.717) is 57.4 Å². The fraction of sp³-hybridized carbons (Fsp3) is 0.356. The Bertz CT molecular complexity index is 2860. The van der Waals surface area contributed by atoms with Gasteiger partial charge in [0, 0.05) is 105 Å². The predicted molar refractivity (Wildman–Crippen MR) is 240 cm³/mol. The maximum absolute atomic E-state index is 14.4. The second-order valence-corrected chi connectivity index (χ2v) is 15.5. The van der Waals surface area contributed by atoms with Gasteiger partial charge in [-0.2, -0.15) is 15.2 Å². The monoisotopic (exact) mass is 825 g/mol. The van der Waals surface area contributed by atoms with Gasteiger partial charge in [0.1, 0.15) is 11.3 Å². The highest BCUT2D eigenvalue weighted by Gasteiger charge is 2.24. The summed E-state index contributed by atoms with van der Waals surface area (Å²) in [6.07, 6.45) is 7.43. The number of aromatic nitrogens is 9. The van der Waals surface area contributed by atoms with E-state index in [2.05, 4.69) is 75.5 Å². The highest BCUT2D eigenvalue weighted by molar-refractivity contribution is 5.92. The molecule has 2 aromatic carbocycles. The quantitative estimate of drug-likeness (QED) is 0.172. The molecular weight excluding hydrogens is 774 g/mol. The van der Waals surface area contributed by atoms with Gasteiger partial charge in [-0.25, -0.2) is 24.3 Å². The third-order valence-electron chi connectivity index (χ3n) is 11.0. The van der Waals surface area contributed by atoms with Crippen LogP contribution in [0.5, 0.6) is 11.6 Å². The minimum absolute atomic E-state index is 0.109. The molecule has 0 bridgehead atoms. The van der Waals surface area contributed by atoms with E-state index in [4.69, 9.17) is 4.74 Å². The number of halogens is 1. The Balaban J connectivity index is 0.000000164. The molecule has 0 amide bonds. The summed E-state index contributed by atoms with van der Waals surface area (Å²) >= 11 is 0. The van der Waals surface area contributed by atoms with Crippen LogP contribution in [0.4, 0.5) is 15.8 Å². The Morgan fingerprint density at radius 1 is 0.770 bits per heavy atom. The highest BCUT2D eigenvalue weighted by atomic mass is 19.1. The van der Waals surface area contributed by atoms with E-state index in [9.17, 15) is 9.50 Å². The summed E-state index contributed by atoms with van der Waals surface area (Å²) in [7, 11) is 5.23. The number of aryl methyl sites for hydroxylation is 3. The molecule has 6 aromatic heterocycles. The Labute approximate surface area is 353 Å². The maximum Gasteiger partial charge on any atom is 0.226 e. The number of nitrogens with zero attached hydrogens (tertiary/aromatic N) is 11. The molecular formula is C45H52FN13O2. The van der Waals surface area contributed by atoms with Crippen molar-refractivity contribution in [2.45, 2.75) is 46.7 Å². The number of aromatic hydroxyl groups is 1. The average molecular weight is 826 g/mol. The summed E-state index contributed by atoms with van der Waals surface area (Å²) in [4.78, 5) is 27.8. The van der Waals surface area contributed by atoms with Gasteiger partial charge in [0.05, 0.1) is 53.0 Å². The fourth-order valence-electron chi connectivity index (χ4n) is 8.19. The third kappa shape index (κ3) is 8.32. The zero-order chi connectivity index (χ0) is 42.9. The van der Waals surface area contributed by atoms with Crippen LogP contribution in [0.2, 0.25) is 0 Å². The van der Waals surface area contributed by atoms with Crippen molar-refractivity contribution in [2.24, 2.45) is 14.1 Å². The van der Waals surface area contributed by atoms with Crippen LogP contribution in [-0.4, -0.2) is 108 Å². The number of nitrogens with one attached hydrogen (secondary N) is 2. The van der Waals surface area contributed by atoms with Gasteiger partial charge in [-0.05, 0) is 63.2 Å². The summed E-state index contributed by atoms with van der Waals surface area (Å²) < 4.78 is 23.3. The lowest BCUT2D eigenvalue weighted by Crippen LogP contribution is -2.54. The number of anilines is 2. The van der Waals surface area contributed by atoms with Crippen LogP contribution in [0, 0.1) is 12.7 Å². The van der Waals surface area contributed by atoms with Crippen molar-refractivity contribution in [3.8, 4) is 34.3 Å². The van der Waals surface area contributed by atoms with Gasteiger partial charge in [0.15, 0.2) is 22.9 Å². The number of hydrogen-bond acceptors (Lipinski definition) is 13. The molecule has 8 aromatic rings. The molecule has 8 heterocycles. The topological polar surface area (TPSA) is 160 Å². The number of methoxy groups -OCH3 is 1. The summed E-state index contributed by atoms with van der Waals surface area (Å²) in [6.45, 7) is 15.9. The Kier molecular flexibility index (Phi) is 11.6. The van der Waals surface area contributed by atoms with Gasteiger partial charge in [0.25, 0.3) is 0 Å². The number of ether oxygens (including phenoxy) is 1. The van der Waals surface area contributed by atoms with Crippen molar-refractivity contribution in [3.05, 3.63) is 78.6 Å². The van der Waals surface area contributed by atoms with Gasteiger partial charge < -0.3 is 30.3 Å². The first-order valence-electron chi connectivity index (χ1n) is 20.8. The molecule has 2 saturated heterocycles. The molecule has 2 unspecified atom stereocenters. The number of rotatable bonds is 5. The summed E-state index contributed by atoms with van der Waals surface area (Å²) in [5, 5.41) is 29.7. The number of phenolic OH excluding ortho intramolecular Hbond substituents is 1. The van der Waals surface area contributed by atoms with Crippen molar-refractivity contribution in [2.75, 3.05) is 56.2 Å². The first kappa shape index (κ1) is 41.2. The molecule has 2 aliphatic heterocycles. The molecule has 10 rings (SSSR count). The Morgan fingerprint density at radius 2 is 1.43 bits per heavy atom. The van der Waals surface area contributed by atoms with Crippen molar-refractivity contribution < 1.29 is 14.2 Å². The number of piperazine rings is 2. The average Bonchev–Trinajstić information content (AvgIpc) is 3.86. The zero-order valence-corrected chi connectivity index (χ0v) is 35.9. The van der Waals surface area contributed by atoms with Crippen molar-refractivity contribution >= 4 is 55.2 Å². The van der Waals surface area contributed by atoms with Gasteiger partial charge in [-0.15, -0.1) is 0 Å². The van der Waals surface area contributed by atoms with E-state index in [0.717, 1.165) is 83.3 Å². The number of hydrogen-bond donors (Lipinski definition) is 3. The Hall–Kier alpha value is -6.52. The van der Waals surface area contributed by atoms with Gasteiger partial charge >= 0.3 is 0 Å². The standard InChI is InChI=1S/C23H27N7O2.C20H19FN6.C2H6/c1-12-9-30(10-13(2)25-12)16-7-18-21(24-8-16)26-22(27-23(18)32-5)17-6-15-11-29(4)28-19(15)14(3)20(17)31;1-26-12-15-8-14(10-17(21)19(15)25-26)18-3-2-13-9-16(11-23-20(13)24-18)27-6-4-22-5-7-27;1-2/h6-8,11-13,25,31H,9-10H2,1-5H3;2-3,8-12,22H,4-7H2,1H3;1-2H3. The molecule has 0 radical (unpaired) electrons. The van der Waals surface area contributed by atoms with Crippen LogP contribution in [0.25, 0.3) is 66.5 Å². The van der Waals surface area contributed by atoms with Gasteiger partial charge in [0.2, 0.25) is 5.88 Å². The minimum Gasteiger partial charge on any atom is -0.507 e. The molecule has 316 valence electrons. The highest BCUT2D eigenvalue weighted by Crippen LogP contribution is 2.37. The predicted octanol–water partition coefficient (Wildman–Crippen LogP) is 6.55. The summed E-state index contributed by atoms with van der Waals surface area (Å²) in [6, 6.07) is 14.1. The van der Waals surface area contributed by atoms with Crippen LogP contribution < -0.4 is 25.2 Å². The lowest BCUT2D eigenvalue weighted by molar-refractivity contribution is 0.402. The van der Waals surface area contributed by atoms with Crippen molar-refractivity contribution in [1.29, 1.82) is 0 Å². The maximum atomic E-state index is 14.4. The smallest absolute Gasteiger partial charge is 0.226 e. The van der Waals surface area contributed by atoms with E-state index in [-0.39, 0.29) is 11.6 Å². The van der Waals surface area contributed by atoms with E-state index in [1.807, 2.05) is 76.7 Å². The molecule has 16 heteroatoms. The van der Waals surface area contributed by atoms with Crippen LogP contribution in [-0.2, 0) is 14.1 Å². The molecule has 61 heavy (non-hydrogen) atoms. The SMILES string of the molecule is CC.COc1nc(-c2cc3cn(C)nc3c(C)c2O)nc2ncc(N3CC(C)NC(C)C3)cc12.Cn1cc2cc(-c3ccc4cc(N5CCNCC5)cnc4n3)cc(F)c2n1. The van der Waals surface area contributed by atoms with E-state index >= 15 is 0 Å². The van der Waals surface area contributed by atoms with Crippen LogP contribution in [0.1, 0.15) is 33.3 Å². The lowest BCUT2D eigenvalue weighted by Gasteiger charge is -2.37. The first-order valence-corrected chi connectivity index (χ1v) is 20.8. The minimum atomic E-state index is -0.341.